The van der Waals surface area contributed by atoms with Crippen molar-refractivity contribution in [3.8, 4) is 5.75 Å². The summed E-state index contributed by atoms with van der Waals surface area (Å²) in [6, 6.07) is 11.1. The van der Waals surface area contributed by atoms with Gasteiger partial charge in [-0.05, 0) is 36.2 Å². The van der Waals surface area contributed by atoms with Crippen LogP contribution in [0.1, 0.15) is 16.7 Å². The van der Waals surface area contributed by atoms with Crippen molar-refractivity contribution in [2.75, 3.05) is 6.61 Å². The monoisotopic (exact) mass is 338 g/mol. The molecule has 0 spiro atoms. The van der Waals surface area contributed by atoms with E-state index in [-0.39, 0.29) is 0 Å². The van der Waals surface area contributed by atoms with Crippen LogP contribution in [0.5, 0.6) is 5.75 Å². The first-order valence-electron chi connectivity index (χ1n) is 6.96. The molecule has 24 heavy (non-hydrogen) atoms. The molecule has 0 unspecified atom stereocenters. The van der Waals surface area contributed by atoms with E-state index in [4.69, 9.17) is 0 Å². The molecule has 3 nitrogen and oxygen atoms in total. The van der Waals surface area contributed by atoms with Crippen LogP contribution >= 0.6 is 0 Å². The van der Waals surface area contributed by atoms with E-state index in [0.717, 1.165) is 23.3 Å². The smallest absolute Gasteiger partial charge is 0.422 e. The van der Waals surface area contributed by atoms with Crippen LogP contribution in [0.3, 0.4) is 0 Å². The van der Waals surface area contributed by atoms with Gasteiger partial charge in [-0.15, -0.1) is 0 Å². The summed E-state index contributed by atoms with van der Waals surface area (Å²) in [5.74, 6) is -1.36. The molecule has 0 aliphatic heterocycles. The highest BCUT2D eigenvalue weighted by Crippen LogP contribution is 2.21. The summed E-state index contributed by atoms with van der Waals surface area (Å²) in [6.07, 6.45) is -1.69. The third-order valence-electron chi connectivity index (χ3n) is 2.90. The Labute approximate surface area is 136 Å². The number of benzene rings is 2. The van der Waals surface area contributed by atoms with Crippen molar-refractivity contribution in [2.24, 2.45) is 10.2 Å². The maximum Gasteiger partial charge on any atom is 0.422 e. The maximum absolute atomic E-state index is 13.6. The third kappa shape index (κ3) is 5.83. The molecule has 2 rings (SSSR count). The number of rotatable bonds is 5. The van der Waals surface area contributed by atoms with Gasteiger partial charge in [-0.3, -0.25) is 0 Å². The minimum atomic E-state index is -4.52. The van der Waals surface area contributed by atoms with Crippen LogP contribution in [0, 0.1) is 12.7 Å². The molecule has 0 saturated heterocycles. The number of hydrogen-bond donors (Lipinski definition) is 0. The molecule has 2 aromatic carbocycles. The number of halogens is 4. The summed E-state index contributed by atoms with van der Waals surface area (Å²) in [7, 11) is 0. The number of alkyl halides is 3. The summed E-state index contributed by atoms with van der Waals surface area (Å²) >= 11 is 0. The van der Waals surface area contributed by atoms with Gasteiger partial charge in [0.25, 0.3) is 0 Å². The lowest BCUT2D eigenvalue weighted by Crippen LogP contribution is -2.19. The van der Waals surface area contributed by atoms with Crippen molar-refractivity contribution in [3.05, 3.63) is 65.0 Å². The van der Waals surface area contributed by atoms with Crippen LogP contribution in [0.4, 0.5) is 17.6 Å². The van der Waals surface area contributed by atoms with Crippen molar-refractivity contribution in [3.63, 3.8) is 0 Å². The van der Waals surface area contributed by atoms with Gasteiger partial charge in [-0.25, -0.2) is 4.39 Å². The molecule has 0 heterocycles. The SMILES string of the molecule is Cc1ccc(C=NN=Cc2ccc(OCC(F)(F)F)c(F)c2)cc1. The molecule has 2 aromatic rings. The average molecular weight is 338 g/mol. The van der Waals surface area contributed by atoms with Crippen molar-refractivity contribution < 1.29 is 22.3 Å². The zero-order chi connectivity index (χ0) is 17.6. The summed E-state index contributed by atoms with van der Waals surface area (Å²) in [6.45, 7) is 0.425. The highest BCUT2D eigenvalue weighted by molar-refractivity contribution is 5.82. The number of hydrogen-bond acceptors (Lipinski definition) is 3. The van der Waals surface area contributed by atoms with Crippen LogP contribution in [0.15, 0.2) is 52.7 Å². The van der Waals surface area contributed by atoms with E-state index < -0.39 is 24.3 Å². The molecular formula is C17H14F4N2O. The number of ether oxygens (including phenoxy) is 1. The van der Waals surface area contributed by atoms with Gasteiger partial charge in [0.2, 0.25) is 0 Å². The molecule has 0 aliphatic rings. The van der Waals surface area contributed by atoms with Crippen LogP contribution in [-0.2, 0) is 0 Å². The molecule has 126 valence electrons. The van der Waals surface area contributed by atoms with Crippen LogP contribution in [0.2, 0.25) is 0 Å². The van der Waals surface area contributed by atoms with Crippen LogP contribution in [0.25, 0.3) is 0 Å². The maximum atomic E-state index is 13.6. The quantitative estimate of drug-likeness (QED) is 0.448. The molecule has 0 N–H and O–H groups in total. The Hall–Kier alpha value is -2.70. The molecule has 0 aliphatic carbocycles. The van der Waals surface area contributed by atoms with Gasteiger partial charge in [0.1, 0.15) is 0 Å². The number of nitrogens with zero attached hydrogens (tertiary/aromatic N) is 2. The standard InChI is InChI=1S/C17H14F4N2O/c1-12-2-4-13(5-3-12)9-22-23-10-14-6-7-16(15(18)8-14)24-11-17(19,20)21/h2-10H,11H2,1H3. The summed E-state index contributed by atoms with van der Waals surface area (Å²) in [4.78, 5) is 0. The molecular weight excluding hydrogens is 324 g/mol. The third-order valence-corrected chi connectivity index (χ3v) is 2.90. The normalized spacial score (nSPS) is 12.2. The Morgan fingerprint density at radius 2 is 1.54 bits per heavy atom. The van der Waals surface area contributed by atoms with E-state index in [1.54, 1.807) is 0 Å². The molecule has 0 radical (unpaired) electrons. The summed E-state index contributed by atoms with van der Waals surface area (Å²) in [5, 5.41) is 7.60. The predicted molar refractivity (Wildman–Crippen MR) is 84.3 cm³/mol. The van der Waals surface area contributed by atoms with E-state index in [2.05, 4.69) is 14.9 Å². The van der Waals surface area contributed by atoms with Crippen LogP contribution < -0.4 is 4.74 Å². The topological polar surface area (TPSA) is 34.0 Å². The fraction of sp³-hybridized carbons (Fsp3) is 0.176. The van der Waals surface area contributed by atoms with E-state index in [0.29, 0.717) is 5.56 Å². The first-order valence-corrected chi connectivity index (χ1v) is 6.96. The van der Waals surface area contributed by atoms with Gasteiger partial charge in [-0.1, -0.05) is 29.8 Å². The van der Waals surface area contributed by atoms with Gasteiger partial charge >= 0.3 is 6.18 Å². The van der Waals surface area contributed by atoms with E-state index in [1.807, 2.05) is 31.2 Å². The highest BCUT2D eigenvalue weighted by Gasteiger charge is 2.28. The van der Waals surface area contributed by atoms with E-state index in [9.17, 15) is 17.6 Å². The Morgan fingerprint density at radius 1 is 0.958 bits per heavy atom. The van der Waals surface area contributed by atoms with E-state index in [1.165, 1.54) is 18.5 Å². The molecule has 0 atom stereocenters. The van der Waals surface area contributed by atoms with Gasteiger partial charge in [0, 0.05) is 0 Å². The lowest BCUT2D eigenvalue weighted by molar-refractivity contribution is -0.153. The second-order valence-corrected chi connectivity index (χ2v) is 4.99. The zero-order valence-electron chi connectivity index (χ0n) is 12.7. The second-order valence-electron chi connectivity index (χ2n) is 4.99. The first kappa shape index (κ1) is 17.7. The molecule has 0 amide bonds. The minimum absolute atomic E-state index is 0.355. The average Bonchev–Trinajstić information content (AvgIpc) is 2.51. The molecule has 0 saturated carbocycles. The van der Waals surface area contributed by atoms with E-state index >= 15 is 0 Å². The molecule has 0 fully saturated rings. The van der Waals surface area contributed by atoms with Crippen molar-refractivity contribution in [1.82, 2.24) is 0 Å². The Kier molecular flexibility index (Phi) is 5.68. The fourth-order valence-corrected chi connectivity index (χ4v) is 1.73. The van der Waals surface area contributed by atoms with Gasteiger partial charge in [-0.2, -0.15) is 23.4 Å². The Balaban J connectivity index is 1.97. The van der Waals surface area contributed by atoms with Crippen molar-refractivity contribution >= 4 is 12.4 Å². The van der Waals surface area contributed by atoms with Crippen molar-refractivity contribution in [2.45, 2.75) is 13.1 Å². The second kappa shape index (κ2) is 7.72. The van der Waals surface area contributed by atoms with Gasteiger partial charge in [0.15, 0.2) is 18.2 Å². The Morgan fingerprint density at radius 3 is 2.12 bits per heavy atom. The summed E-state index contributed by atoms with van der Waals surface area (Å²) < 4.78 is 54.1. The summed E-state index contributed by atoms with van der Waals surface area (Å²) in [5.41, 5.74) is 2.34. The molecule has 7 heteroatoms. The largest absolute Gasteiger partial charge is 0.481 e. The lowest BCUT2D eigenvalue weighted by Gasteiger charge is -2.09. The first-order chi connectivity index (χ1) is 11.3. The Bertz CT molecular complexity index is 737. The molecule has 0 bridgehead atoms. The highest BCUT2D eigenvalue weighted by atomic mass is 19.4. The minimum Gasteiger partial charge on any atom is -0.481 e. The van der Waals surface area contributed by atoms with Crippen LogP contribution in [-0.4, -0.2) is 25.2 Å². The lowest BCUT2D eigenvalue weighted by atomic mass is 10.2. The predicted octanol–water partition coefficient (Wildman–Crippen LogP) is 4.53. The van der Waals surface area contributed by atoms with Crippen molar-refractivity contribution in [1.29, 1.82) is 0 Å². The van der Waals surface area contributed by atoms with Gasteiger partial charge < -0.3 is 4.74 Å². The number of aryl methyl sites for hydroxylation is 1. The fourth-order valence-electron chi connectivity index (χ4n) is 1.73. The molecule has 0 aromatic heterocycles. The van der Waals surface area contributed by atoms with Gasteiger partial charge in [0.05, 0.1) is 12.4 Å². The zero-order valence-corrected chi connectivity index (χ0v) is 12.7.